The second-order valence-electron chi connectivity index (χ2n) is 3.73. The summed E-state index contributed by atoms with van der Waals surface area (Å²) in [5.41, 5.74) is 1.19. The van der Waals surface area contributed by atoms with Gasteiger partial charge in [0.15, 0.2) is 0 Å². The molecule has 0 saturated heterocycles. The molecule has 0 saturated carbocycles. The van der Waals surface area contributed by atoms with Crippen LogP contribution in [0.4, 0.5) is 0 Å². The molecule has 0 heterocycles. The van der Waals surface area contributed by atoms with Gasteiger partial charge in [0.25, 0.3) is 0 Å². The van der Waals surface area contributed by atoms with Crippen molar-refractivity contribution in [3.8, 4) is 0 Å². The van der Waals surface area contributed by atoms with Gasteiger partial charge in [0.05, 0.1) is 6.10 Å². The molecule has 0 aromatic heterocycles. The van der Waals surface area contributed by atoms with Gasteiger partial charge in [0.1, 0.15) is 0 Å². The van der Waals surface area contributed by atoms with E-state index in [1.54, 1.807) is 0 Å². The smallest absolute Gasteiger partial charge is 0.0552 e. The average molecular weight is 186 g/mol. The van der Waals surface area contributed by atoms with E-state index in [0.717, 1.165) is 6.42 Å². The molecule has 1 heteroatoms. The topological polar surface area (TPSA) is 20.2 Å². The van der Waals surface area contributed by atoms with E-state index < -0.39 is 0 Å². The van der Waals surface area contributed by atoms with Crippen molar-refractivity contribution >= 4 is 10.8 Å². The minimum absolute atomic E-state index is 0.267. The minimum atomic E-state index is -0.267. The van der Waals surface area contributed by atoms with Crippen LogP contribution in [0, 0.1) is 0 Å². The van der Waals surface area contributed by atoms with E-state index in [0.29, 0.717) is 0 Å². The zero-order valence-electron chi connectivity index (χ0n) is 8.27. The lowest BCUT2D eigenvalue weighted by Gasteiger charge is -2.05. The Morgan fingerprint density at radius 2 is 1.79 bits per heavy atom. The standard InChI is InChI=1S/C13H14O/c1-10(14)8-11-6-7-12-4-2-3-5-13(12)9-11/h2-7,9-10,14H,8H2,1H3/t10-/m1/s1. The SMILES string of the molecule is C[C@@H](O)Cc1ccc2ccccc2c1. The molecule has 14 heavy (non-hydrogen) atoms. The van der Waals surface area contributed by atoms with Crippen molar-refractivity contribution in [3.05, 3.63) is 48.0 Å². The third kappa shape index (κ3) is 1.94. The van der Waals surface area contributed by atoms with Gasteiger partial charge >= 0.3 is 0 Å². The molecule has 1 atom stereocenters. The van der Waals surface area contributed by atoms with Gasteiger partial charge < -0.3 is 5.11 Å². The van der Waals surface area contributed by atoms with E-state index >= 15 is 0 Å². The van der Waals surface area contributed by atoms with Crippen molar-refractivity contribution in [2.45, 2.75) is 19.4 Å². The lowest BCUT2D eigenvalue weighted by Crippen LogP contribution is -2.03. The Balaban J connectivity index is 2.41. The maximum Gasteiger partial charge on any atom is 0.0552 e. The van der Waals surface area contributed by atoms with Gasteiger partial charge in [-0.3, -0.25) is 0 Å². The molecule has 1 N–H and O–H groups in total. The lowest BCUT2D eigenvalue weighted by molar-refractivity contribution is 0.195. The van der Waals surface area contributed by atoms with E-state index in [1.165, 1.54) is 16.3 Å². The fourth-order valence-corrected chi connectivity index (χ4v) is 1.71. The molecule has 0 unspecified atom stereocenters. The van der Waals surface area contributed by atoms with Gasteiger partial charge in [0.2, 0.25) is 0 Å². The number of aliphatic hydroxyl groups is 1. The fourth-order valence-electron chi connectivity index (χ4n) is 1.71. The van der Waals surface area contributed by atoms with Crippen molar-refractivity contribution in [1.82, 2.24) is 0 Å². The third-order valence-corrected chi connectivity index (χ3v) is 2.34. The van der Waals surface area contributed by atoms with E-state index in [1.807, 2.05) is 19.1 Å². The summed E-state index contributed by atoms with van der Waals surface area (Å²) in [5.74, 6) is 0. The van der Waals surface area contributed by atoms with Crippen molar-refractivity contribution in [3.63, 3.8) is 0 Å². The van der Waals surface area contributed by atoms with Crippen LogP contribution in [-0.2, 0) is 6.42 Å². The number of fused-ring (bicyclic) bond motifs is 1. The first kappa shape index (κ1) is 9.22. The first-order valence-corrected chi connectivity index (χ1v) is 4.91. The predicted octanol–water partition coefficient (Wildman–Crippen LogP) is 2.76. The molecule has 0 radical (unpaired) electrons. The van der Waals surface area contributed by atoms with Crippen molar-refractivity contribution in [1.29, 1.82) is 0 Å². The maximum absolute atomic E-state index is 9.28. The summed E-state index contributed by atoms with van der Waals surface area (Å²) in [6.07, 6.45) is 0.460. The molecular weight excluding hydrogens is 172 g/mol. The fraction of sp³-hybridized carbons (Fsp3) is 0.231. The van der Waals surface area contributed by atoms with E-state index in [9.17, 15) is 5.11 Å². The first-order chi connectivity index (χ1) is 6.75. The van der Waals surface area contributed by atoms with E-state index in [-0.39, 0.29) is 6.10 Å². The molecule has 0 spiro atoms. The molecule has 0 aliphatic carbocycles. The van der Waals surface area contributed by atoms with Crippen LogP contribution in [0.3, 0.4) is 0 Å². The zero-order chi connectivity index (χ0) is 9.97. The highest BCUT2D eigenvalue weighted by atomic mass is 16.3. The second kappa shape index (κ2) is 3.81. The highest BCUT2D eigenvalue weighted by molar-refractivity contribution is 5.82. The van der Waals surface area contributed by atoms with Gasteiger partial charge in [-0.25, -0.2) is 0 Å². The van der Waals surface area contributed by atoms with Gasteiger partial charge in [-0.2, -0.15) is 0 Å². The largest absolute Gasteiger partial charge is 0.393 e. The van der Waals surface area contributed by atoms with Crippen LogP contribution in [0.15, 0.2) is 42.5 Å². The van der Waals surface area contributed by atoms with Crippen LogP contribution in [-0.4, -0.2) is 11.2 Å². The molecular formula is C13H14O. The molecule has 0 amide bonds. The Hall–Kier alpha value is -1.34. The Morgan fingerprint density at radius 1 is 1.07 bits per heavy atom. The van der Waals surface area contributed by atoms with Crippen LogP contribution in [0.1, 0.15) is 12.5 Å². The summed E-state index contributed by atoms with van der Waals surface area (Å²) in [5, 5.41) is 11.8. The second-order valence-corrected chi connectivity index (χ2v) is 3.73. The third-order valence-electron chi connectivity index (χ3n) is 2.34. The molecule has 0 aliphatic rings. The van der Waals surface area contributed by atoms with Crippen LogP contribution >= 0.6 is 0 Å². The average Bonchev–Trinajstić information content (AvgIpc) is 2.17. The zero-order valence-corrected chi connectivity index (χ0v) is 8.27. The highest BCUT2D eigenvalue weighted by Gasteiger charge is 1.99. The Bertz CT molecular complexity index is 432. The Kier molecular flexibility index (Phi) is 2.51. The number of rotatable bonds is 2. The summed E-state index contributed by atoms with van der Waals surface area (Å²) in [6.45, 7) is 1.81. The van der Waals surface area contributed by atoms with Crippen molar-refractivity contribution in [2.75, 3.05) is 0 Å². The van der Waals surface area contributed by atoms with E-state index in [4.69, 9.17) is 0 Å². The van der Waals surface area contributed by atoms with Gasteiger partial charge in [0, 0.05) is 0 Å². The molecule has 72 valence electrons. The maximum atomic E-state index is 9.28. The number of benzene rings is 2. The van der Waals surface area contributed by atoms with Crippen molar-refractivity contribution < 1.29 is 5.11 Å². The molecule has 0 fully saturated rings. The normalized spacial score (nSPS) is 13.0. The Morgan fingerprint density at radius 3 is 2.50 bits per heavy atom. The summed E-state index contributed by atoms with van der Waals surface area (Å²) in [4.78, 5) is 0. The van der Waals surface area contributed by atoms with E-state index in [2.05, 4.69) is 30.3 Å². The molecule has 2 aromatic rings. The monoisotopic (exact) mass is 186 g/mol. The molecule has 0 aliphatic heterocycles. The van der Waals surface area contributed by atoms with Crippen LogP contribution in [0.2, 0.25) is 0 Å². The van der Waals surface area contributed by atoms with Gasteiger partial charge in [-0.15, -0.1) is 0 Å². The Labute approximate surface area is 84.0 Å². The molecule has 2 aromatic carbocycles. The summed E-state index contributed by atoms with van der Waals surface area (Å²) in [7, 11) is 0. The van der Waals surface area contributed by atoms with Gasteiger partial charge in [-0.05, 0) is 29.7 Å². The minimum Gasteiger partial charge on any atom is -0.393 e. The first-order valence-electron chi connectivity index (χ1n) is 4.91. The number of aliphatic hydroxyl groups excluding tert-OH is 1. The van der Waals surface area contributed by atoms with Crippen LogP contribution in [0.25, 0.3) is 10.8 Å². The number of hydrogen-bond acceptors (Lipinski definition) is 1. The van der Waals surface area contributed by atoms with Crippen LogP contribution < -0.4 is 0 Å². The van der Waals surface area contributed by atoms with Gasteiger partial charge in [-0.1, -0.05) is 42.5 Å². The number of hydrogen-bond donors (Lipinski definition) is 1. The summed E-state index contributed by atoms with van der Waals surface area (Å²) < 4.78 is 0. The molecule has 2 rings (SSSR count). The molecule has 1 nitrogen and oxygen atoms in total. The highest BCUT2D eigenvalue weighted by Crippen LogP contribution is 2.16. The van der Waals surface area contributed by atoms with Crippen molar-refractivity contribution in [2.24, 2.45) is 0 Å². The van der Waals surface area contributed by atoms with Crippen LogP contribution in [0.5, 0.6) is 0 Å². The molecule has 0 bridgehead atoms. The summed E-state index contributed by atoms with van der Waals surface area (Å²) in [6, 6.07) is 14.6. The lowest BCUT2D eigenvalue weighted by atomic mass is 10.0. The predicted molar refractivity (Wildman–Crippen MR) is 59.3 cm³/mol. The summed E-state index contributed by atoms with van der Waals surface area (Å²) >= 11 is 0. The quantitative estimate of drug-likeness (QED) is 0.764.